The summed E-state index contributed by atoms with van der Waals surface area (Å²) in [5, 5.41) is 20.0. The molecule has 0 saturated heterocycles. The van der Waals surface area contributed by atoms with E-state index in [4.69, 9.17) is 5.26 Å². The van der Waals surface area contributed by atoms with Crippen LogP contribution in [-0.4, -0.2) is 15.0 Å². The lowest BCUT2D eigenvalue weighted by Gasteiger charge is -2.09. The van der Waals surface area contributed by atoms with Gasteiger partial charge in [-0.1, -0.05) is 17.3 Å². The van der Waals surface area contributed by atoms with Crippen molar-refractivity contribution in [1.29, 1.82) is 5.26 Å². The first kappa shape index (κ1) is 11.1. The predicted octanol–water partition coefficient (Wildman–Crippen LogP) is 1.61. The van der Waals surface area contributed by atoms with Crippen LogP contribution in [0.4, 0.5) is 5.69 Å². The topological polar surface area (TPSA) is 66.5 Å². The molecule has 2 aromatic rings. The number of hydrogen-bond donors (Lipinski definition) is 1. The molecule has 0 radical (unpaired) electrons. The van der Waals surface area contributed by atoms with E-state index in [-0.39, 0.29) is 0 Å². The minimum Gasteiger partial charge on any atom is -0.378 e. The van der Waals surface area contributed by atoms with Gasteiger partial charge in [0.1, 0.15) is 6.07 Å². The quantitative estimate of drug-likeness (QED) is 0.865. The maximum Gasteiger partial charge on any atom is 0.102 e. The molecular weight excluding hydrogens is 214 g/mol. The molecule has 5 heteroatoms. The van der Waals surface area contributed by atoms with E-state index in [1.165, 1.54) is 0 Å². The third-order valence-electron chi connectivity index (χ3n) is 2.65. The van der Waals surface area contributed by atoms with E-state index in [0.717, 1.165) is 16.9 Å². The minimum atomic E-state index is 0.599. The first-order chi connectivity index (χ1) is 8.22. The zero-order chi connectivity index (χ0) is 12.3. The van der Waals surface area contributed by atoms with Crippen LogP contribution in [0.25, 0.3) is 0 Å². The maximum atomic E-state index is 9.09. The number of hydrogen-bond acceptors (Lipinski definition) is 4. The first-order valence-electron chi connectivity index (χ1n) is 5.29. The largest absolute Gasteiger partial charge is 0.378 e. The normalized spacial score (nSPS) is 9.94. The van der Waals surface area contributed by atoms with Crippen molar-refractivity contribution in [2.45, 2.75) is 13.5 Å². The van der Waals surface area contributed by atoms with Crippen LogP contribution < -0.4 is 5.32 Å². The van der Waals surface area contributed by atoms with Crippen molar-refractivity contribution in [3.8, 4) is 6.07 Å². The van der Waals surface area contributed by atoms with E-state index in [9.17, 15) is 0 Å². The Morgan fingerprint density at radius 1 is 1.47 bits per heavy atom. The Morgan fingerprint density at radius 2 is 2.29 bits per heavy atom. The fourth-order valence-electron chi connectivity index (χ4n) is 1.62. The summed E-state index contributed by atoms with van der Waals surface area (Å²) in [4.78, 5) is 0. The van der Waals surface area contributed by atoms with Crippen molar-refractivity contribution in [3.63, 3.8) is 0 Å². The molecule has 0 fully saturated rings. The van der Waals surface area contributed by atoms with Crippen molar-refractivity contribution in [1.82, 2.24) is 15.0 Å². The number of nitriles is 1. The Hall–Kier alpha value is -2.35. The van der Waals surface area contributed by atoms with Crippen molar-refractivity contribution < 1.29 is 0 Å². The number of anilines is 1. The standard InChI is InChI=1S/C12H13N5/c1-9-4-3-5-12(11(9)6-13)14-7-10-8-15-16-17(10)2/h3-5,8,14H,7H2,1-2H3. The molecule has 86 valence electrons. The molecule has 0 aliphatic rings. The molecule has 0 atom stereocenters. The summed E-state index contributed by atoms with van der Waals surface area (Å²) in [6.07, 6.45) is 1.70. The van der Waals surface area contributed by atoms with Crippen molar-refractivity contribution in [3.05, 3.63) is 41.2 Å². The zero-order valence-electron chi connectivity index (χ0n) is 9.81. The molecule has 0 bridgehead atoms. The molecule has 1 aromatic carbocycles. The Morgan fingerprint density at radius 3 is 2.94 bits per heavy atom. The highest BCUT2D eigenvalue weighted by Crippen LogP contribution is 2.18. The Bertz CT molecular complexity index is 565. The highest BCUT2D eigenvalue weighted by Gasteiger charge is 2.05. The Balaban J connectivity index is 2.18. The third kappa shape index (κ3) is 2.26. The number of nitrogens with zero attached hydrogens (tertiary/aromatic N) is 4. The van der Waals surface area contributed by atoms with Gasteiger partial charge < -0.3 is 5.32 Å². The molecule has 0 spiro atoms. The van der Waals surface area contributed by atoms with Gasteiger partial charge in [0.25, 0.3) is 0 Å². The maximum absolute atomic E-state index is 9.09. The molecule has 0 saturated carbocycles. The second-order valence-electron chi connectivity index (χ2n) is 3.81. The highest BCUT2D eigenvalue weighted by atomic mass is 15.4. The summed E-state index contributed by atoms with van der Waals surface area (Å²) >= 11 is 0. The van der Waals surface area contributed by atoms with Crippen LogP contribution in [0.3, 0.4) is 0 Å². The second kappa shape index (κ2) is 4.66. The van der Waals surface area contributed by atoms with E-state index in [1.54, 1.807) is 10.9 Å². The lowest BCUT2D eigenvalue weighted by atomic mass is 10.1. The van der Waals surface area contributed by atoms with Gasteiger partial charge in [-0.2, -0.15) is 5.26 Å². The fourth-order valence-corrected chi connectivity index (χ4v) is 1.62. The van der Waals surface area contributed by atoms with Gasteiger partial charge >= 0.3 is 0 Å². The number of aryl methyl sites for hydroxylation is 2. The Labute approximate surface area is 99.7 Å². The van der Waals surface area contributed by atoms with Crippen LogP contribution in [0, 0.1) is 18.3 Å². The van der Waals surface area contributed by atoms with Gasteiger partial charge in [0.05, 0.1) is 29.7 Å². The highest BCUT2D eigenvalue weighted by molar-refractivity contribution is 5.60. The smallest absolute Gasteiger partial charge is 0.102 e. The molecule has 2 rings (SSSR count). The van der Waals surface area contributed by atoms with Gasteiger partial charge in [-0.15, -0.1) is 5.10 Å². The van der Waals surface area contributed by atoms with Gasteiger partial charge in [-0.25, -0.2) is 0 Å². The molecule has 5 nitrogen and oxygen atoms in total. The summed E-state index contributed by atoms with van der Waals surface area (Å²) < 4.78 is 1.70. The van der Waals surface area contributed by atoms with Crippen LogP contribution in [0.1, 0.15) is 16.8 Å². The van der Waals surface area contributed by atoms with Crippen molar-refractivity contribution >= 4 is 5.69 Å². The lowest BCUT2D eigenvalue weighted by Crippen LogP contribution is -2.06. The molecule has 0 amide bonds. The third-order valence-corrected chi connectivity index (χ3v) is 2.65. The Kier molecular flexibility index (Phi) is 3.06. The monoisotopic (exact) mass is 227 g/mol. The van der Waals surface area contributed by atoms with Crippen LogP contribution in [0.5, 0.6) is 0 Å². The molecule has 17 heavy (non-hydrogen) atoms. The molecule has 1 heterocycles. The molecule has 0 aliphatic carbocycles. The molecule has 1 N–H and O–H groups in total. The van der Waals surface area contributed by atoms with Crippen LogP contribution in [0.2, 0.25) is 0 Å². The first-order valence-corrected chi connectivity index (χ1v) is 5.29. The SMILES string of the molecule is Cc1cccc(NCc2cnnn2C)c1C#N. The summed E-state index contributed by atoms with van der Waals surface area (Å²) in [5.41, 5.74) is 3.47. The minimum absolute atomic E-state index is 0.599. The summed E-state index contributed by atoms with van der Waals surface area (Å²) in [5.74, 6) is 0. The van der Waals surface area contributed by atoms with Crippen LogP contribution >= 0.6 is 0 Å². The van der Waals surface area contributed by atoms with Crippen molar-refractivity contribution in [2.75, 3.05) is 5.32 Å². The molecule has 0 unspecified atom stereocenters. The van der Waals surface area contributed by atoms with E-state index < -0.39 is 0 Å². The fraction of sp³-hybridized carbons (Fsp3) is 0.250. The number of aromatic nitrogens is 3. The van der Waals surface area contributed by atoms with Gasteiger partial charge in [-0.05, 0) is 18.6 Å². The van der Waals surface area contributed by atoms with Gasteiger partial charge in [-0.3, -0.25) is 4.68 Å². The van der Waals surface area contributed by atoms with Crippen molar-refractivity contribution in [2.24, 2.45) is 7.05 Å². The van der Waals surface area contributed by atoms with Gasteiger partial charge in [0, 0.05) is 7.05 Å². The van der Waals surface area contributed by atoms with Crippen LogP contribution in [0.15, 0.2) is 24.4 Å². The van der Waals surface area contributed by atoms with Crippen LogP contribution in [-0.2, 0) is 13.6 Å². The average Bonchev–Trinajstić information content (AvgIpc) is 2.72. The van der Waals surface area contributed by atoms with E-state index >= 15 is 0 Å². The predicted molar refractivity (Wildman–Crippen MR) is 64.2 cm³/mol. The number of rotatable bonds is 3. The molecule has 0 aliphatic heterocycles. The van der Waals surface area contributed by atoms with Gasteiger partial charge in [0.15, 0.2) is 0 Å². The van der Waals surface area contributed by atoms with E-state index in [2.05, 4.69) is 21.7 Å². The van der Waals surface area contributed by atoms with E-state index in [1.807, 2.05) is 32.2 Å². The zero-order valence-corrected chi connectivity index (χ0v) is 9.81. The average molecular weight is 227 g/mol. The molecule has 1 aromatic heterocycles. The van der Waals surface area contributed by atoms with Gasteiger partial charge in [0.2, 0.25) is 0 Å². The lowest BCUT2D eigenvalue weighted by molar-refractivity contribution is 0.683. The summed E-state index contributed by atoms with van der Waals surface area (Å²) in [7, 11) is 1.84. The number of benzene rings is 1. The molecular formula is C12H13N5. The summed E-state index contributed by atoms with van der Waals surface area (Å²) in [6.45, 7) is 2.52. The number of nitrogens with one attached hydrogen (secondary N) is 1. The second-order valence-corrected chi connectivity index (χ2v) is 3.81. The van der Waals surface area contributed by atoms with E-state index in [0.29, 0.717) is 12.1 Å². The summed E-state index contributed by atoms with van der Waals surface area (Å²) in [6, 6.07) is 7.96.